The van der Waals surface area contributed by atoms with Gasteiger partial charge >= 0.3 is 0 Å². The van der Waals surface area contributed by atoms with Gasteiger partial charge in [0, 0.05) is 52.9 Å². The molecule has 7 heteroatoms. The number of amides is 1. The Morgan fingerprint density at radius 2 is 1.83 bits per heavy atom. The Kier molecular flexibility index (Phi) is 12.1. The van der Waals surface area contributed by atoms with Gasteiger partial charge in [-0.1, -0.05) is 19.3 Å². The molecule has 2 fully saturated rings. The van der Waals surface area contributed by atoms with E-state index in [1.165, 1.54) is 32.1 Å². The van der Waals surface area contributed by atoms with Crippen molar-refractivity contribution >= 4 is 11.9 Å². The monoisotopic (exact) mass is 410 g/mol. The number of hydrogen-bond acceptors (Lipinski definition) is 4. The molecule has 0 bridgehead atoms. The number of nitrogens with zero attached hydrogens (tertiary/aromatic N) is 2. The highest BCUT2D eigenvalue weighted by Crippen LogP contribution is 2.25. The van der Waals surface area contributed by atoms with Crippen LogP contribution < -0.4 is 10.6 Å². The Morgan fingerprint density at radius 1 is 1.07 bits per heavy atom. The van der Waals surface area contributed by atoms with Crippen LogP contribution in [0.3, 0.4) is 0 Å². The van der Waals surface area contributed by atoms with E-state index in [-0.39, 0.29) is 5.91 Å². The topological polar surface area (TPSA) is 75.2 Å². The fourth-order valence-corrected chi connectivity index (χ4v) is 4.20. The molecule has 0 unspecified atom stereocenters. The molecule has 7 nitrogen and oxygen atoms in total. The van der Waals surface area contributed by atoms with Crippen molar-refractivity contribution in [2.24, 2.45) is 10.9 Å². The van der Waals surface area contributed by atoms with E-state index in [2.05, 4.69) is 22.5 Å². The normalized spacial score (nSPS) is 19.4. The van der Waals surface area contributed by atoms with Gasteiger partial charge in [0.1, 0.15) is 0 Å². The van der Waals surface area contributed by atoms with E-state index >= 15 is 0 Å². The van der Waals surface area contributed by atoms with Crippen LogP contribution in [-0.2, 0) is 14.3 Å². The second-order valence-corrected chi connectivity index (χ2v) is 8.20. The van der Waals surface area contributed by atoms with E-state index in [9.17, 15) is 4.79 Å². The highest BCUT2D eigenvalue weighted by molar-refractivity contribution is 5.80. The second-order valence-electron chi connectivity index (χ2n) is 8.20. The lowest BCUT2D eigenvalue weighted by Crippen LogP contribution is -2.47. The van der Waals surface area contributed by atoms with Crippen molar-refractivity contribution < 1.29 is 14.3 Å². The number of carbonyl (C=O) groups is 1. The summed E-state index contributed by atoms with van der Waals surface area (Å²) in [5, 5.41) is 6.44. The first-order chi connectivity index (χ1) is 14.2. The van der Waals surface area contributed by atoms with Gasteiger partial charge in [-0.05, 0) is 44.9 Å². The quantitative estimate of drug-likeness (QED) is 0.311. The van der Waals surface area contributed by atoms with Crippen molar-refractivity contribution in [3.63, 3.8) is 0 Å². The molecule has 1 heterocycles. The molecule has 0 aromatic heterocycles. The lowest BCUT2D eigenvalue weighted by Gasteiger charge is -2.34. The fraction of sp³-hybridized carbons (Fsp3) is 0.909. The molecular formula is C22H42N4O3. The summed E-state index contributed by atoms with van der Waals surface area (Å²) in [6, 6.07) is 0. The summed E-state index contributed by atoms with van der Waals surface area (Å²) in [7, 11) is 1.72. The van der Waals surface area contributed by atoms with Gasteiger partial charge in [-0.2, -0.15) is 0 Å². The number of guanidine groups is 1. The summed E-state index contributed by atoms with van der Waals surface area (Å²) in [6.45, 7) is 7.60. The zero-order valence-corrected chi connectivity index (χ0v) is 18.6. The van der Waals surface area contributed by atoms with Crippen molar-refractivity contribution in [1.29, 1.82) is 0 Å². The molecule has 0 aromatic carbocycles. The number of hydrogen-bond donors (Lipinski definition) is 2. The third kappa shape index (κ3) is 9.81. The first kappa shape index (κ1) is 23.9. The molecule has 2 N–H and O–H groups in total. The van der Waals surface area contributed by atoms with E-state index in [1.807, 2.05) is 0 Å². The lowest BCUT2D eigenvalue weighted by atomic mass is 9.87. The van der Waals surface area contributed by atoms with Crippen molar-refractivity contribution in [3.05, 3.63) is 0 Å². The summed E-state index contributed by atoms with van der Waals surface area (Å²) in [6.07, 6.45) is 10.3. The van der Waals surface area contributed by atoms with Gasteiger partial charge < -0.3 is 25.0 Å². The third-order valence-corrected chi connectivity index (χ3v) is 5.82. The summed E-state index contributed by atoms with van der Waals surface area (Å²) in [4.78, 5) is 19.2. The Hall–Kier alpha value is -1.34. The number of nitrogens with one attached hydrogen (secondary N) is 2. The maximum absolute atomic E-state index is 12.1. The number of likely N-dealkylation sites (tertiary alicyclic amines) is 1. The van der Waals surface area contributed by atoms with Crippen LogP contribution in [-0.4, -0.2) is 75.9 Å². The summed E-state index contributed by atoms with van der Waals surface area (Å²) in [5.74, 6) is 1.72. The molecule has 1 aliphatic heterocycles. The molecule has 1 saturated heterocycles. The van der Waals surface area contributed by atoms with Gasteiger partial charge in [0.2, 0.25) is 5.91 Å². The van der Waals surface area contributed by atoms with Crippen molar-refractivity contribution in [2.75, 3.05) is 53.0 Å². The predicted octanol–water partition coefficient (Wildman–Crippen LogP) is 2.56. The maximum atomic E-state index is 12.1. The number of aliphatic imine (C=N–C) groups is 1. The molecule has 0 spiro atoms. The van der Waals surface area contributed by atoms with Crippen LogP contribution >= 0.6 is 0 Å². The van der Waals surface area contributed by atoms with Gasteiger partial charge in [-0.15, -0.1) is 0 Å². The number of methoxy groups -OCH3 is 1. The molecule has 0 aromatic rings. The second kappa shape index (κ2) is 14.6. The molecule has 1 aliphatic carbocycles. The minimum absolute atomic E-state index is 0.184. The van der Waals surface area contributed by atoms with E-state index in [4.69, 9.17) is 14.5 Å². The first-order valence-electron chi connectivity index (χ1n) is 11.6. The van der Waals surface area contributed by atoms with Gasteiger partial charge in [0.15, 0.2) is 5.96 Å². The van der Waals surface area contributed by atoms with E-state index in [0.29, 0.717) is 31.5 Å². The lowest BCUT2D eigenvalue weighted by molar-refractivity contribution is -0.122. The molecular weight excluding hydrogens is 368 g/mol. The number of ether oxygens (including phenoxy) is 2. The molecule has 0 atom stereocenters. The largest absolute Gasteiger partial charge is 0.385 e. The van der Waals surface area contributed by atoms with Gasteiger partial charge in [0.05, 0.1) is 12.6 Å². The zero-order chi connectivity index (χ0) is 20.7. The highest BCUT2D eigenvalue weighted by atomic mass is 16.5. The Bertz CT molecular complexity index is 473. The number of piperidine rings is 1. The smallest absolute Gasteiger partial charge is 0.220 e. The minimum Gasteiger partial charge on any atom is -0.385 e. The zero-order valence-electron chi connectivity index (χ0n) is 18.6. The van der Waals surface area contributed by atoms with Crippen LogP contribution in [0.25, 0.3) is 0 Å². The van der Waals surface area contributed by atoms with E-state index in [0.717, 1.165) is 58.1 Å². The molecule has 2 aliphatic rings. The van der Waals surface area contributed by atoms with Crippen LogP contribution in [0.1, 0.15) is 64.7 Å². The molecule has 29 heavy (non-hydrogen) atoms. The SMILES string of the molecule is CCNC(=NCCNC(=O)CC1CCCCC1)N1CCC(OCCCOC)CC1. The van der Waals surface area contributed by atoms with Gasteiger partial charge in [-0.25, -0.2) is 0 Å². The third-order valence-electron chi connectivity index (χ3n) is 5.82. The first-order valence-corrected chi connectivity index (χ1v) is 11.6. The number of rotatable bonds is 11. The van der Waals surface area contributed by atoms with Gasteiger partial charge in [-0.3, -0.25) is 9.79 Å². The Labute approximate surface area is 177 Å². The average molecular weight is 411 g/mol. The highest BCUT2D eigenvalue weighted by Gasteiger charge is 2.22. The molecule has 1 saturated carbocycles. The minimum atomic E-state index is 0.184. The summed E-state index contributed by atoms with van der Waals surface area (Å²) >= 11 is 0. The van der Waals surface area contributed by atoms with Crippen LogP contribution in [0, 0.1) is 5.92 Å². The summed E-state index contributed by atoms with van der Waals surface area (Å²) in [5.41, 5.74) is 0. The van der Waals surface area contributed by atoms with E-state index in [1.54, 1.807) is 7.11 Å². The van der Waals surface area contributed by atoms with Crippen LogP contribution in [0.15, 0.2) is 4.99 Å². The Balaban J connectivity index is 1.65. The molecule has 0 radical (unpaired) electrons. The van der Waals surface area contributed by atoms with Crippen LogP contribution in [0.4, 0.5) is 0 Å². The van der Waals surface area contributed by atoms with Crippen molar-refractivity contribution in [2.45, 2.75) is 70.8 Å². The van der Waals surface area contributed by atoms with Crippen molar-refractivity contribution in [1.82, 2.24) is 15.5 Å². The molecule has 1 amide bonds. The predicted molar refractivity (Wildman–Crippen MR) is 117 cm³/mol. The van der Waals surface area contributed by atoms with Gasteiger partial charge in [0.25, 0.3) is 0 Å². The maximum Gasteiger partial charge on any atom is 0.220 e. The average Bonchev–Trinajstić information content (AvgIpc) is 2.75. The van der Waals surface area contributed by atoms with Crippen molar-refractivity contribution in [3.8, 4) is 0 Å². The number of carbonyl (C=O) groups excluding carboxylic acids is 1. The standard InChI is InChI=1S/C22H42N4O3/c1-3-23-22(26-14-10-20(11-15-26)29-17-7-16-28-2)25-13-12-24-21(27)18-19-8-5-4-6-9-19/h19-20H,3-18H2,1-2H3,(H,23,25)(H,24,27). The fourth-order valence-electron chi connectivity index (χ4n) is 4.20. The van der Waals surface area contributed by atoms with Crippen LogP contribution in [0.2, 0.25) is 0 Å². The molecule has 168 valence electrons. The Morgan fingerprint density at radius 3 is 2.52 bits per heavy atom. The van der Waals surface area contributed by atoms with E-state index < -0.39 is 0 Å². The van der Waals surface area contributed by atoms with Crippen LogP contribution in [0.5, 0.6) is 0 Å². The molecule has 2 rings (SSSR count). The summed E-state index contributed by atoms with van der Waals surface area (Å²) < 4.78 is 11.0.